The number of carbonyl (C=O) groups is 1. The summed E-state index contributed by atoms with van der Waals surface area (Å²) < 4.78 is 12.7. The van der Waals surface area contributed by atoms with Gasteiger partial charge in [-0.1, -0.05) is 18.2 Å². The van der Waals surface area contributed by atoms with Gasteiger partial charge in [0.25, 0.3) is 0 Å². The molecule has 1 fully saturated rings. The quantitative estimate of drug-likeness (QED) is 0.889. The molecule has 0 saturated carbocycles. The number of nitrogens with one attached hydrogen (secondary N) is 1. The van der Waals surface area contributed by atoms with E-state index in [-0.39, 0.29) is 25.2 Å². The monoisotopic (exact) mass is 250 g/mol. The molecule has 98 valence electrons. The van der Waals surface area contributed by atoms with E-state index in [4.69, 9.17) is 0 Å². The summed E-state index contributed by atoms with van der Waals surface area (Å²) in [5.41, 5.74) is 1.87. The van der Waals surface area contributed by atoms with Gasteiger partial charge < -0.3 is 5.32 Å². The van der Waals surface area contributed by atoms with E-state index in [1.54, 1.807) is 0 Å². The number of carbonyl (C=O) groups excluding carboxylic acids is 1. The molecule has 1 amide bonds. The third kappa shape index (κ3) is 3.07. The standard InChI is InChI=1S/C14H19FN2O/c1-11-5-2-3-7-13(11)16-14(18)10-17-8-4-6-12(17)9-15/h2-3,5,7,12H,4,6,8-10H2,1H3,(H,16,18). The van der Waals surface area contributed by atoms with Crippen LogP contribution >= 0.6 is 0 Å². The van der Waals surface area contributed by atoms with Gasteiger partial charge in [0, 0.05) is 11.7 Å². The van der Waals surface area contributed by atoms with Gasteiger partial charge >= 0.3 is 0 Å². The maximum absolute atomic E-state index is 12.7. The molecule has 1 aliphatic heterocycles. The van der Waals surface area contributed by atoms with Crippen molar-refractivity contribution in [3.05, 3.63) is 29.8 Å². The molecule has 0 radical (unpaired) electrons. The molecule has 1 aromatic rings. The van der Waals surface area contributed by atoms with Crippen LogP contribution in [0, 0.1) is 6.92 Å². The summed E-state index contributed by atoms with van der Waals surface area (Å²) >= 11 is 0. The van der Waals surface area contributed by atoms with Crippen LogP contribution in [0.3, 0.4) is 0 Å². The lowest BCUT2D eigenvalue weighted by Crippen LogP contribution is -2.37. The highest BCUT2D eigenvalue weighted by molar-refractivity contribution is 5.92. The number of hydrogen-bond acceptors (Lipinski definition) is 2. The Morgan fingerprint density at radius 2 is 2.28 bits per heavy atom. The van der Waals surface area contributed by atoms with E-state index in [1.807, 2.05) is 36.1 Å². The molecule has 3 nitrogen and oxygen atoms in total. The molecule has 1 unspecified atom stereocenters. The molecule has 1 aliphatic rings. The molecule has 1 heterocycles. The Bertz CT molecular complexity index is 422. The Morgan fingerprint density at radius 1 is 1.50 bits per heavy atom. The lowest BCUT2D eigenvalue weighted by atomic mass is 10.2. The molecule has 0 bridgehead atoms. The fourth-order valence-electron chi connectivity index (χ4n) is 2.37. The number of likely N-dealkylation sites (tertiary alicyclic amines) is 1. The van der Waals surface area contributed by atoms with Crippen LogP contribution < -0.4 is 5.32 Å². The Labute approximate surface area is 107 Å². The van der Waals surface area contributed by atoms with E-state index >= 15 is 0 Å². The molecule has 0 aliphatic carbocycles. The van der Waals surface area contributed by atoms with Crippen molar-refractivity contribution in [3.63, 3.8) is 0 Å². The van der Waals surface area contributed by atoms with E-state index in [1.165, 1.54) is 0 Å². The Hall–Kier alpha value is -1.42. The van der Waals surface area contributed by atoms with Gasteiger partial charge in [-0.15, -0.1) is 0 Å². The van der Waals surface area contributed by atoms with Crippen LogP contribution in [0.15, 0.2) is 24.3 Å². The fourth-order valence-corrected chi connectivity index (χ4v) is 2.37. The molecule has 1 N–H and O–H groups in total. The van der Waals surface area contributed by atoms with Crippen molar-refractivity contribution in [1.29, 1.82) is 0 Å². The summed E-state index contributed by atoms with van der Waals surface area (Å²) in [5, 5.41) is 2.88. The highest BCUT2D eigenvalue weighted by Crippen LogP contribution is 2.18. The van der Waals surface area contributed by atoms with Crippen molar-refractivity contribution in [2.75, 3.05) is 25.1 Å². The largest absolute Gasteiger partial charge is 0.325 e. The van der Waals surface area contributed by atoms with Gasteiger partial charge in [-0.05, 0) is 37.9 Å². The maximum atomic E-state index is 12.7. The average Bonchev–Trinajstić information content (AvgIpc) is 2.79. The summed E-state index contributed by atoms with van der Waals surface area (Å²) in [6.45, 7) is 2.69. The fraction of sp³-hybridized carbons (Fsp3) is 0.500. The van der Waals surface area contributed by atoms with Gasteiger partial charge in [-0.25, -0.2) is 4.39 Å². The SMILES string of the molecule is Cc1ccccc1NC(=O)CN1CCCC1CF. The first-order chi connectivity index (χ1) is 8.70. The van der Waals surface area contributed by atoms with Gasteiger partial charge in [-0.2, -0.15) is 0 Å². The summed E-state index contributed by atoms with van der Waals surface area (Å²) in [7, 11) is 0. The second-order valence-corrected chi connectivity index (χ2v) is 4.78. The van der Waals surface area contributed by atoms with Crippen molar-refractivity contribution in [2.24, 2.45) is 0 Å². The van der Waals surface area contributed by atoms with Crippen LogP contribution in [0.1, 0.15) is 18.4 Å². The molecule has 18 heavy (non-hydrogen) atoms. The third-order valence-electron chi connectivity index (χ3n) is 3.44. The summed E-state index contributed by atoms with van der Waals surface area (Å²) in [4.78, 5) is 13.8. The topological polar surface area (TPSA) is 32.3 Å². The van der Waals surface area contributed by atoms with Crippen molar-refractivity contribution in [3.8, 4) is 0 Å². The first-order valence-corrected chi connectivity index (χ1v) is 6.36. The van der Waals surface area contributed by atoms with Crippen LogP contribution in [-0.2, 0) is 4.79 Å². The predicted molar refractivity (Wildman–Crippen MR) is 70.4 cm³/mol. The van der Waals surface area contributed by atoms with Gasteiger partial charge in [0.05, 0.1) is 6.54 Å². The van der Waals surface area contributed by atoms with Gasteiger partial charge in [0.2, 0.25) is 5.91 Å². The lowest BCUT2D eigenvalue weighted by Gasteiger charge is -2.21. The molecular weight excluding hydrogens is 231 g/mol. The van der Waals surface area contributed by atoms with Crippen LogP contribution in [0.25, 0.3) is 0 Å². The van der Waals surface area contributed by atoms with Gasteiger partial charge in [0.15, 0.2) is 0 Å². The number of anilines is 1. The lowest BCUT2D eigenvalue weighted by molar-refractivity contribution is -0.117. The molecule has 4 heteroatoms. The smallest absolute Gasteiger partial charge is 0.238 e. The Balaban J connectivity index is 1.91. The Morgan fingerprint density at radius 3 is 3.00 bits per heavy atom. The second-order valence-electron chi connectivity index (χ2n) is 4.78. The minimum atomic E-state index is -0.363. The number of halogens is 1. The number of amides is 1. The van der Waals surface area contributed by atoms with Crippen molar-refractivity contribution < 1.29 is 9.18 Å². The van der Waals surface area contributed by atoms with Crippen molar-refractivity contribution >= 4 is 11.6 Å². The number of para-hydroxylation sites is 1. The van der Waals surface area contributed by atoms with Crippen LogP contribution in [-0.4, -0.2) is 36.6 Å². The van der Waals surface area contributed by atoms with E-state index < -0.39 is 0 Å². The summed E-state index contributed by atoms with van der Waals surface area (Å²) in [6, 6.07) is 7.58. The number of rotatable bonds is 4. The zero-order chi connectivity index (χ0) is 13.0. The van der Waals surface area contributed by atoms with Gasteiger partial charge in [-0.3, -0.25) is 9.69 Å². The van der Waals surface area contributed by atoms with E-state index in [9.17, 15) is 9.18 Å². The predicted octanol–water partition coefficient (Wildman–Crippen LogP) is 2.37. The average molecular weight is 250 g/mol. The zero-order valence-corrected chi connectivity index (χ0v) is 10.7. The second kappa shape index (κ2) is 5.96. The third-order valence-corrected chi connectivity index (χ3v) is 3.44. The van der Waals surface area contributed by atoms with Crippen molar-refractivity contribution in [1.82, 2.24) is 4.90 Å². The minimum absolute atomic E-state index is 0.0651. The number of benzene rings is 1. The number of aryl methyl sites for hydroxylation is 1. The van der Waals surface area contributed by atoms with E-state index in [2.05, 4.69) is 5.32 Å². The van der Waals surface area contributed by atoms with Gasteiger partial charge in [0.1, 0.15) is 6.67 Å². The van der Waals surface area contributed by atoms with E-state index in [0.717, 1.165) is 30.6 Å². The number of nitrogens with zero attached hydrogens (tertiary/aromatic N) is 1. The first-order valence-electron chi connectivity index (χ1n) is 6.36. The molecule has 1 saturated heterocycles. The molecule has 0 spiro atoms. The molecule has 2 rings (SSSR count). The molecular formula is C14H19FN2O. The zero-order valence-electron chi connectivity index (χ0n) is 10.7. The maximum Gasteiger partial charge on any atom is 0.238 e. The molecule has 1 aromatic carbocycles. The van der Waals surface area contributed by atoms with Crippen molar-refractivity contribution in [2.45, 2.75) is 25.8 Å². The summed E-state index contributed by atoms with van der Waals surface area (Å²) in [5.74, 6) is -0.0651. The highest BCUT2D eigenvalue weighted by Gasteiger charge is 2.25. The summed E-state index contributed by atoms with van der Waals surface area (Å²) in [6.07, 6.45) is 1.83. The van der Waals surface area contributed by atoms with Crippen LogP contribution in [0.2, 0.25) is 0 Å². The molecule has 1 atom stereocenters. The Kier molecular flexibility index (Phi) is 4.31. The van der Waals surface area contributed by atoms with Crippen LogP contribution in [0.5, 0.6) is 0 Å². The molecule has 0 aromatic heterocycles. The van der Waals surface area contributed by atoms with E-state index in [0.29, 0.717) is 0 Å². The van der Waals surface area contributed by atoms with Crippen LogP contribution in [0.4, 0.5) is 10.1 Å². The number of alkyl halides is 1. The minimum Gasteiger partial charge on any atom is -0.325 e. The first kappa shape index (κ1) is 13.0. The normalized spacial score (nSPS) is 20.0. The number of hydrogen-bond donors (Lipinski definition) is 1. The highest BCUT2D eigenvalue weighted by atomic mass is 19.1.